The van der Waals surface area contributed by atoms with Crippen molar-refractivity contribution in [2.24, 2.45) is 7.05 Å². The molecule has 0 fully saturated rings. The molecule has 0 atom stereocenters. The first-order valence-electron chi connectivity index (χ1n) is 9.31. The van der Waals surface area contributed by atoms with Crippen LogP contribution < -0.4 is 0 Å². The Morgan fingerprint density at radius 3 is 2.57 bits per heavy atom. The van der Waals surface area contributed by atoms with E-state index in [-0.39, 0.29) is 5.75 Å². The number of nitrogens with one attached hydrogen (secondary N) is 1. The van der Waals surface area contributed by atoms with E-state index in [0.29, 0.717) is 28.3 Å². The second kappa shape index (κ2) is 6.87. The van der Waals surface area contributed by atoms with Crippen LogP contribution in [0.5, 0.6) is 5.75 Å². The average molecular weight is 392 g/mol. The number of hydrogen-bond acceptors (Lipinski definition) is 5. The van der Waals surface area contributed by atoms with E-state index in [1.165, 1.54) is 0 Å². The van der Waals surface area contributed by atoms with Gasteiger partial charge in [0.05, 0.1) is 22.7 Å². The normalized spacial score (nSPS) is 10.9. The van der Waals surface area contributed by atoms with Crippen molar-refractivity contribution in [3.8, 4) is 45.7 Å². The maximum absolute atomic E-state index is 10.9. The number of benzene rings is 2. The molecule has 30 heavy (non-hydrogen) atoms. The van der Waals surface area contributed by atoms with Gasteiger partial charge in [-0.2, -0.15) is 10.4 Å². The standard InChI is InChI=1S/C23H16N6O/c1-29-21(23-26-18-9-4-14(12-24)11-19(18)27-23)22(30)20(28-29)16-7-5-15(6-8-16)17-3-2-10-25-13-17/h2-11,13,30H,1H3,(H,26,27). The van der Waals surface area contributed by atoms with Crippen LogP contribution in [0.2, 0.25) is 0 Å². The Kier molecular flexibility index (Phi) is 4.04. The van der Waals surface area contributed by atoms with Gasteiger partial charge < -0.3 is 10.1 Å². The summed E-state index contributed by atoms with van der Waals surface area (Å²) in [6.07, 6.45) is 3.55. The van der Waals surface area contributed by atoms with Gasteiger partial charge in [-0.3, -0.25) is 9.67 Å². The first-order valence-corrected chi connectivity index (χ1v) is 9.31. The van der Waals surface area contributed by atoms with E-state index in [9.17, 15) is 5.11 Å². The van der Waals surface area contributed by atoms with E-state index in [4.69, 9.17) is 5.26 Å². The summed E-state index contributed by atoms with van der Waals surface area (Å²) in [7, 11) is 1.76. The number of nitrogens with zero attached hydrogens (tertiary/aromatic N) is 5. The van der Waals surface area contributed by atoms with Gasteiger partial charge in [-0.05, 0) is 35.4 Å². The Hall–Kier alpha value is -4.44. The summed E-state index contributed by atoms with van der Waals surface area (Å²) in [5.41, 5.74) is 5.80. The molecule has 0 amide bonds. The molecule has 2 N–H and O–H groups in total. The third-order valence-electron chi connectivity index (χ3n) is 5.01. The molecule has 2 aromatic carbocycles. The van der Waals surface area contributed by atoms with Crippen LogP contribution in [0.15, 0.2) is 67.0 Å². The van der Waals surface area contributed by atoms with E-state index in [2.05, 4.69) is 26.1 Å². The first kappa shape index (κ1) is 17.6. The number of fused-ring (bicyclic) bond motifs is 1. The van der Waals surface area contributed by atoms with Gasteiger partial charge in [0, 0.05) is 25.0 Å². The molecule has 7 nitrogen and oxygen atoms in total. The van der Waals surface area contributed by atoms with Crippen molar-refractivity contribution in [1.82, 2.24) is 24.7 Å². The van der Waals surface area contributed by atoms with Crippen LogP contribution in [0.3, 0.4) is 0 Å². The van der Waals surface area contributed by atoms with Crippen LogP contribution in [0.4, 0.5) is 0 Å². The van der Waals surface area contributed by atoms with Crippen molar-refractivity contribution in [3.63, 3.8) is 0 Å². The molecule has 144 valence electrons. The zero-order valence-corrected chi connectivity index (χ0v) is 16.0. The summed E-state index contributed by atoms with van der Waals surface area (Å²) < 4.78 is 1.60. The highest BCUT2D eigenvalue weighted by Gasteiger charge is 2.21. The van der Waals surface area contributed by atoms with Crippen LogP contribution in [-0.4, -0.2) is 29.8 Å². The van der Waals surface area contributed by atoms with Crippen molar-refractivity contribution in [1.29, 1.82) is 5.26 Å². The van der Waals surface area contributed by atoms with Gasteiger partial charge in [-0.1, -0.05) is 30.3 Å². The fourth-order valence-corrected chi connectivity index (χ4v) is 3.52. The minimum absolute atomic E-state index is 0.0474. The number of rotatable bonds is 3. The topological polar surface area (TPSA) is 103 Å². The predicted molar refractivity (Wildman–Crippen MR) is 113 cm³/mol. The molecule has 0 aliphatic rings. The fourth-order valence-electron chi connectivity index (χ4n) is 3.52. The van der Waals surface area contributed by atoms with Crippen molar-refractivity contribution in [2.75, 3.05) is 0 Å². The van der Waals surface area contributed by atoms with Gasteiger partial charge in [0.15, 0.2) is 11.6 Å². The number of nitriles is 1. The summed E-state index contributed by atoms with van der Waals surface area (Å²) in [6, 6.07) is 19.0. The molecule has 0 saturated heterocycles. The molecule has 3 heterocycles. The molecule has 3 aromatic heterocycles. The molecule has 0 spiro atoms. The molecule has 5 rings (SSSR count). The SMILES string of the molecule is Cn1nc(-c2ccc(-c3cccnc3)cc2)c(O)c1-c1nc2ccc(C#N)cc2[nH]1. The molecule has 7 heteroatoms. The highest BCUT2D eigenvalue weighted by atomic mass is 16.3. The predicted octanol–water partition coefficient (Wildman–Crippen LogP) is 4.27. The maximum atomic E-state index is 10.9. The van der Waals surface area contributed by atoms with Crippen molar-refractivity contribution < 1.29 is 5.11 Å². The smallest absolute Gasteiger partial charge is 0.173 e. The number of aryl methyl sites for hydroxylation is 1. The van der Waals surface area contributed by atoms with E-state index in [1.807, 2.05) is 42.6 Å². The quantitative estimate of drug-likeness (QED) is 0.477. The number of aromatic nitrogens is 5. The lowest BCUT2D eigenvalue weighted by molar-refractivity contribution is 0.478. The van der Waals surface area contributed by atoms with E-state index in [1.54, 1.807) is 36.1 Å². The van der Waals surface area contributed by atoms with Crippen LogP contribution in [0.25, 0.3) is 44.9 Å². The average Bonchev–Trinajstić information content (AvgIpc) is 3.33. The highest BCUT2D eigenvalue weighted by molar-refractivity contribution is 5.83. The van der Waals surface area contributed by atoms with Gasteiger partial charge in [0.2, 0.25) is 0 Å². The molecule has 0 unspecified atom stereocenters. The second-order valence-corrected chi connectivity index (χ2v) is 6.92. The van der Waals surface area contributed by atoms with Crippen molar-refractivity contribution in [3.05, 3.63) is 72.6 Å². The Bertz CT molecular complexity index is 1410. The van der Waals surface area contributed by atoms with Gasteiger partial charge >= 0.3 is 0 Å². The Labute approximate surface area is 171 Å². The van der Waals surface area contributed by atoms with Gasteiger partial charge in [-0.25, -0.2) is 4.98 Å². The summed E-state index contributed by atoms with van der Waals surface area (Å²) in [5, 5.41) is 24.5. The minimum Gasteiger partial charge on any atom is -0.504 e. The Morgan fingerprint density at radius 2 is 1.83 bits per heavy atom. The van der Waals surface area contributed by atoms with Crippen molar-refractivity contribution in [2.45, 2.75) is 0 Å². The van der Waals surface area contributed by atoms with Crippen LogP contribution in [0, 0.1) is 11.3 Å². The number of pyridine rings is 1. The monoisotopic (exact) mass is 392 g/mol. The third-order valence-corrected chi connectivity index (χ3v) is 5.01. The molecular weight excluding hydrogens is 376 g/mol. The molecule has 0 bridgehead atoms. The minimum atomic E-state index is 0.0474. The van der Waals surface area contributed by atoms with Gasteiger partial charge in [0.25, 0.3) is 0 Å². The highest BCUT2D eigenvalue weighted by Crippen LogP contribution is 2.37. The van der Waals surface area contributed by atoms with Crippen molar-refractivity contribution >= 4 is 11.0 Å². The lowest BCUT2D eigenvalue weighted by atomic mass is 10.0. The maximum Gasteiger partial charge on any atom is 0.173 e. The first-order chi connectivity index (χ1) is 14.6. The molecule has 0 saturated carbocycles. The zero-order valence-electron chi connectivity index (χ0n) is 16.0. The Morgan fingerprint density at radius 1 is 1.03 bits per heavy atom. The molecule has 0 radical (unpaired) electrons. The number of aromatic amines is 1. The number of aromatic hydroxyl groups is 1. The van der Waals surface area contributed by atoms with Gasteiger partial charge in [0.1, 0.15) is 11.4 Å². The number of H-pyrrole nitrogens is 1. The van der Waals surface area contributed by atoms with E-state index >= 15 is 0 Å². The number of hydrogen-bond donors (Lipinski definition) is 2. The summed E-state index contributed by atoms with van der Waals surface area (Å²) in [4.78, 5) is 11.9. The molecule has 5 aromatic rings. The molecule has 0 aliphatic heterocycles. The second-order valence-electron chi connectivity index (χ2n) is 6.92. The van der Waals surface area contributed by atoms with Crippen LogP contribution >= 0.6 is 0 Å². The third kappa shape index (κ3) is 2.88. The molecular formula is C23H16N6O. The summed E-state index contributed by atoms with van der Waals surface area (Å²) in [6.45, 7) is 0. The van der Waals surface area contributed by atoms with Crippen LogP contribution in [0.1, 0.15) is 5.56 Å². The van der Waals surface area contributed by atoms with E-state index < -0.39 is 0 Å². The van der Waals surface area contributed by atoms with Gasteiger partial charge in [-0.15, -0.1) is 0 Å². The van der Waals surface area contributed by atoms with Crippen LogP contribution in [-0.2, 0) is 7.05 Å². The number of imidazole rings is 1. The zero-order chi connectivity index (χ0) is 20.7. The lowest BCUT2D eigenvalue weighted by Crippen LogP contribution is -1.95. The molecule has 0 aliphatic carbocycles. The fraction of sp³-hybridized carbons (Fsp3) is 0.0435. The van der Waals surface area contributed by atoms with E-state index in [0.717, 1.165) is 22.2 Å². The summed E-state index contributed by atoms with van der Waals surface area (Å²) in [5.74, 6) is 0.539. The largest absolute Gasteiger partial charge is 0.504 e. The Balaban J connectivity index is 1.55. The summed E-state index contributed by atoms with van der Waals surface area (Å²) >= 11 is 0. The lowest BCUT2D eigenvalue weighted by Gasteiger charge is -2.03.